The molecule has 128 valence electrons. The van der Waals surface area contributed by atoms with E-state index in [9.17, 15) is 0 Å². The van der Waals surface area contributed by atoms with Crippen LogP contribution in [0.15, 0.2) is 84.5 Å². The summed E-state index contributed by atoms with van der Waals surface area (Å²) in [6, 6.07) is 17.4. The maximum Gasteiger partial charge on any atom is 0.0538 e. The molecule has 25 heavy (non-hydrogen) atoms. The summed E-state index contributed by atoms with van der Waals surface area (Å²) in [4.78, 5) is 0. The Morgan fingerprint density at radius 1 is 1.00 bits per heavy atom. The standard InChI is InChI=1S/C23H24IN/c1-5-20-14-13-18(3)22(16-20)24-25(21-9-7-6-8-10-21)23-15-17(2)11-12-19(23)4/h6-16H,3,5H2,1-2,4H3. The SMILES string of the molecule is C=C1C=CC(CC)=CC1=IN(c1ccccc1)c1cc(C)ccc1C. The van der Waals surface area contributed by atoms with Gasteiger partial charge in [0, 0.05) is 24.5 Å². The Morgan fingerprint density at radius 3 is 2.48 bits per heavy atom. The summed E-state index contributed by atoms with van der Waals surface area (Å²) in [6.07, 6.45) is 7.77. The number of nitrogens with zero attached hydrogens (tertiary/aromatic N) is 1. The first-order chi connectivity index (χ1) is 12.1. The molecule has 0 spiro atoms. The van der Waals surface area contributed by atoms with Crippen LogP contribution in [0.25, 0.3) is 0 Å². The lowest BCUT2D eigenvalue weighted by atomic mass is 10.0. The van der Waals surface area contributed by atoms with Crippen molar-refractivity contribution >= 4 is 35.9 Å². The molecule has 0 aromatic heterocycles. The van der Waals surface area contributed by atoms with Gasteiger partial charge in [0.25, 0.3) is 0 Å². The van der Waals surface area contributed by atoms with E-state index in [1.54, 1.807) is 0 Å². The number of para-hydroxylation sites is 1. The second-order valence-corrected chi connectivity index (χ2v) is 8.88. The van der Waals surface area contributed by atoms with Crippen molar-refractivity contribution < 1.29 is 0 Å². The van der Waals surface area contributed by atoms with Crippen molar-refractivity contribution in [1.29, 1.82) is 0 Å². The third-order valence-electron chi connectivity index (χ3n) is 4.26. The molecule has 0 N–H and O–H groups in total. The molecule has 3 rings (SSSR count). The summed E-state index contributed by atoms with van der Waals surface area (Å²) in [5.41, 5.74) is 7.70. The predicted octanol–water partition coefficient (Wildman–Crippen LogP) is 6.96. The maximum atomic E-state index is 4.28. The highest BCUT2D eigenvalue weighted by molar-refractivity contribution is 14.2. The van der Waals surface area contributed by atoms with E-state index < -0.39 is 21.0 Å². The monoisotopic (exact) mass is 441 g/mol. The van der Waals surface area contributed by atoms with Crippen molar-refractivity contribution in [3.63, 3.8) is 0 Å². The molecule has 0 aliphatic heterocycles. The highest BCUT2D eigenvalue weighted by Crippen LogP contribution is 2.37. The molecule has 0 unspecified atom stereocenters. The third-order valence-corrected chi connectivity index (χ3v) is 7.34. The summed E-state index contributed by atoms with van der Waals surface area (Å²) < 4.78 is 3.90. The second-order valence-electron chi connectivity index (χ2n) is 6.27. The first-order valence-electron chi connectivity index (χ1n) is 8.61. The highest BCUT2D eigenvalue weighted by atomic mass is 127. The van der Waals surface area contributed by atoms with E-state index in [1.807, 2.05) is 0 Å². The topological polar surface area (TPSA) is 3.24 Å². The van der Waals surface area contributed by atoms with Gasteiger partial charge < -0.3 is 0 Å². The summed E-state index contributed by atoms with van der Waals surface area (Å²) >= 11 is -0.400. The van der Waals surface area contributed by atoms with Crippen LogP contribution in [0.3, 0.4) is 0 Å². The summed E-state index contributed by atoms with van der Waals surface area (Å²) in [7, 11) is 0. The number of anilines is 2. The van der Waals surface area contributed by atoms with Gasteiger partial charge >= 0.3 is 0 Å². The van der Waals surface area contributed by atoms with Gasteiger partial charge in [0.1, 0.15) is 0 Å². The van der Waals surface area contributed by atoms with Gasteiger partial charge in [0.2, 0.25) is 0 Å². The molecular weight excluding hydrogens is 417 g/mol. The van der Waals surface area contributed by atoms with Crippen LogP contribution in [-0.2, 0) is 0 Å². The molecule has 0 atom stereocenters. The van der Waals surface area contributed by atoms with Crippen LogP contribution in [0.4, 0.5) is 11.4 Å². The molecular formula is C23H24IN. The Labute approximate surface area is 161 Å². The molecule has 0 bridgehead atoms. The van der Waals surface area contributed by atoms with Gasteiger partial charge in [-0.25, -0.2) is 0 Å². The molecule has 0 heterocycles. The number of aryl methyl sites for hydroxylation is 2. The van der Waals surface area contributed by atoms with E-state index in [4.69, 9.17) is 0 Å². The van der Waals surface area contributed by atoms with Crippen molar-refractivity contribution in [3.8, 4) is 0 Å². The number of hydrogen-bond donors (Lipinski definition) is 0. The number of allylic oxidation sites excluding steroid dienone is 5. The molecule has 0 radical (unpaired) electrons. The minimum atomic E-state index is -0.400. The van der Waals surface area contributed by atoms with E-state index in [1.165, 1.54) is 31.6 Å². The number of benzene rings is 2. The minimum absolute atomic E-state index is 0.400. The quantitative estimate of drug-likeness (QED) is 0.366. The van der Waals surface area contributed by atoms with Crippen molar-refractivity contribution in [2.24, 2.45) is 0 Å². The molecule has 1 nitrogen and oxygen atoms in total. The Bertz CT molecular complexity index is 872. The molecule has 2 aromatic rings. The average Bonchev–Trinajstić information content (AvgIpc) is 2.64. The van der Waals surface area contributed by atoms with E-state index >= 15 is 0 Å². The third kappa shape index (κ3) is 4.18. The average molecular weight is 441 g/mol. The molecule has 2 aromatic carbocycles. The molecule has 1 aliphatic carbocycles. The van der Waals surface area contributed by atoms with Crippen LogP contribution in [0.5, 0.6) is 0 Å². The molecule has 1 aliphatic rings. The van der Waals surface area contributed by atoms with Crippen molar-refractivity contribution in [3.05, 3.63) is 95.6 Å². The Morgan fingerprint density at radius 2 is 1.76 bits per heavy atom. The molecule has 2 heteroatoms. The van der Waals surface area contributed by atoms with E-state index in [0.717, 1.165) is 12.0 Å². The Kier molecular flexibility index (Phi) is 5.69. The van der Waals surface area contributed by atoms with Gasteiger partial charge in [0.15, 0.2) is 0 Å². The van der Waals surface area contributed by atoms with Crippen molar-refractivity contribution in [1.82, 2.24) is 0 Å². The number of rotatable bonds is 4. The molecule has 0 saturated heterocycles. The Balaban J connectivity index is 2.14. The fourth-order valence-electron chi connectivity index (χ4n) is 2.70. The summed E-state index contributed by atoms with van der Waals surface area (Å²) in [5.74, 6) is 0. The summed E-state index contributed by atoms with van der Waals surface area (Å²) in [5, 5.41) is 0. The molecule has 0 fully saturated rings. The number of hydrogen-bond acceptors (Lipinski definition) is 1. The van der Waals surface area contributed by atoms with Crippen LogP contribution in [-0.4, -0.2) is 3.51 Å². The fourth-order valence-corrected chi connectivity index (χ4v) is 5.63. The van der Waals surface area contributed by atoms with Gasteiger partial charge in [0.05, 0.1) is 11.4 Å². The van der Waals surface area contributed by atoms with Gasteiger partial charge in [-0.15, -0.1) is 0 Å². The van der Waals surface area contributed by atoms with Crippen LogP contribution in [0, 0.1) is 13.8 Å². The lowest BCUT2D eigenvalue weighted by molar-refractivity contribution is 1.15. The lowest BCUT2D eigenvalue weighted by Gasteiger charge is -2.24. The van der Waals surface area contributed by atoms with Crippen LogP contribution < -0.4 is 3.11 Å². The van der Waals surface area contributed by atoms with E-state index in [2.05, 4.69) is 97.2 Å². The van der Waals surface area contributed by atoms with Gasteiger partial charge in [-0.3, -0.25) is 3.11 Å². The van der Waals surface area contributed by atoms with Crippen LogP contribution >= 0.6 is 21.0 Å². The largest absolute Gasteiger partial charge is 0.288 e. The van der Waals surface area contributed by atoms with Crippen LogP contribution in [0.2, 0.25) is 0 Å². The van der Waals surface area contributed by atoms with Crippen molar-refractivity contribution in [2.75, 3.05) is 3.11 Å². The van der Waals surface area contributed by atoms with Gasteiger partial charge in [-0.2, -0.15) is 0 Å². The lowest BCUT2D eigenvalue weighted by Crippen LogP contribution is -2.09. The zero-order chi connectivity index (χ0) is 17.8. The first kappa shape index (κ1) is 17.9. The molecule has 0 saturated carbocycles. The second kappa shape index (κ2) is 7.96. The van der Waals surface area contributed by atoms with Crippen molar-refractivity contribution in [2.45, 2.75) is 27.2 Å². The van der Waals surface area contributed by atoms with Gasteiger partial charge in [-0.05, 0) is 66.8 Å². The smallest absolute Gasteiger partial charge is 0.0538 e. The maximum absolute atomic E-state index is 4.28. The van der Waals surface area contributed by atoms with Gasteiger partial charge in [-0.1, -0.05) is 56.0 Å². The highest BCUT2D eigenvalue weighted by Gasteiger charge is 2.14. The fraction of sp³-hybridized carbons (Fsp3) is 0.174. The normalized spacial score (nSPS) is 15.7. The zero-order valence-electron chi connectivity index (χ0n) is 15.1. The first-order valence-corrected chi connectivity index (χ1v) is 10.6. The predicted molar refractivity (Wildman–Crippen MR) is 120 cm³/mol. The van der Waals surface area contributed by atoms with E-state index in [0.29, 0.717) is 0 Å². The Hall–Kier alpha value is -1.94. The zero-order valence-corrected chi connectivity index (χ0v) is 17.2. The molecule has 0 amide bonds. The van der Waals surface area contributed by atoms with Crippen LogP contribution in [0.1, 0.15) is 24.5 Å². The minimum Gasteiger partial charge on any atom is -0.288 e. The van der Waals surface area contributed by atoms with E-state index in [-0.39, 0.29) is 0 Å². The summed E-state index contributed by atoms with van der Waals surface area (Å²) in [6.45, 7) is 10.8. The number of halogens is 1.